The van der Waals surface area contributed by atoms with Gasteiger partial charge in [-0.2, -0.15) is 13.2 Å². The molecule has 0 unspecified atom stereocenters. The number of benzene rings is 3. The fourth-order valence-electron chi connectivity index (χ4n) is 5.82. The minimum absolute atomic E-state index is 0.0283. The normalized spacial score (nSPS) is 17.6. The Hall–Kier alpha value is -4.53. The van der Waals surface area contributed by atoms with E-state index >= 15 is 0 Å². The number of aromatic nitrogens is 1. The number of aliphatic carboxylic acids is 1. The van der Waals surface area contributed by atoms with Crippen LogP contribution >= 0.6 is 0 Å². The molecule has 1 aliphatic heterocycles. The number of rotatable bonds is 6. The van der Waals surface area contributed by atoms with Crippen molar-refractivity contribution in [3.63, 3.8) is 0 Å². The molecule has 0 radical (unpaired) electrons. The number of alkyl halides is 3. The van der Waals surface area contributed by atoms with Gasteiger partial charge >= 0.3 is 12.1 Å². The topological polar surface area (TPSA) is 77.8 Å². The maximum Gasteiger partial charge on any atom is 0.417 e. The highest BCUT2D eigenvalue weighted by Crippen LogP contribution is 2.47. The van der Waals surface area contributed by atoms with Gasteiger partial charge < -0.3 is 19.1 Å². The second kappa shape index (κ2) is 10.1. The van der Waals surface area contributed by atoms with Crippen LogP contribution in [0.2, 0.25) is 0 Å². The molecule has 0 saturated carbocycles. The van der Waals surface area contributed by atoms with Gasteiger partial charge in [0.2, 0.25) is 5.56 Å². The molecule has 6 nitrogen and oxygen atoms in total. The Labute approximate surface area is 233 Å². The molecule has 0 spiro atoms. The average Bonchev–Trinajstić information content (AvgIpc) is 3.52. The van der Waals surface area contributed by atoms with Crippen molar-refractivity contribution in [2.24, 2.45) is 7.05 Å². The molecule has 2 atom stereocenters. The molecule has 2 aliphatic rings. The first-order valence-electron chi connectivity index (χ1n) is 13.2. The Morgan fingerprint density at radius 1 is 1.00 bits per heavy atom. The van der Waals surface area contributed by atoms with E-state index in [9.17, 15) is 22.8 Å². The highest BCUT2D eigenvalue weighted by molar-refractivity contribution is 5.77. The van der Waals surface area contributed by atoms with Crippen molar-refractivity contribution in [2.45, 2.75) is 37.5 Å². The third-order valence-electron chi connectivity index (χ3n) is 7.81. The van der Waals surface area contributed by atoms with Crippen LogP contribution in [0.5, 0.6) is 11.5 Å². The van der Waals surface area contributed by atoms with Crippen LogP contribution in [0.25, 0.3) is 22.3 Å². The third kappa shape index (κ3) is 5.08. The molecule has 9 heteroatoms. The van der Waals surface area contributed by atoms with E-state index in [1.165, 1.54) is 16.7 Å². The van der Waals surface area contributed by atoms with Crippen LogP contribution in [-0.2, 0) is 24.4 Å². The van der Waals surface area contributed by atoms with Crippen molar-refractivity contribution in [3.05, 3.63) is 106 Å². The van der Waals surface area contributed by atoms with Crippen molar-refractivity contribution in [3.8, 4) is 33.8 Å². The number of halogens is 3. The summed E-state index contributed by atoms with van der Waals surface area (Å²) in [5.41, 5.74) is 3.48. The number of pyridine rings is 1. The van der Waals surface area contributed by atoms with Crippen LogP contribution in [0.15, 0.2) is 77.7 Å². The SMILES string of the molecule is Cn1cc(-c2ccc(-c3c(C(F)(F)F)ccc4c3CC[C@H]4Oc3ccc4c(c3)OC[C@H]4CC(=O)O)cc2)ccc1=O. The highest BCUT2D eigenvalue weighted by atomic mass is 19.4. The monoisotopic (exact) mass is 561 g/mol. The number of carboxylic acid groups (broad SMARTS) is 1. The van der Waals surface area contributed by atoms with Gasteiger partial charge in [0, 0.05) is 36.9 Å². The lowest BCUT2D eigenvalue weighted by molar-refractivity contribution is -0.138. The zero-order valence-corrected chi connectivity index (χ0v) is 22.1. The molecule has 0 fully saturated rings. The molecule has 4 aromatic rings. The van der Waals surface area contributed by atoms with Crippen LogP contribution < -0.4 is 15.0 Å². The van der Waals surface area contributed by atoms with Crippen LogP contribution in [0.4, 0.5) is 13.2 Å². The first kappa shape index (κ1) is 26.7. The summed E-state index contributed by atoms with van der Waals surface area (Å²) >= 11 is 0. The Balaban J connectivity index is 1.32. The second-order valence-corrected chi connectivity index (χ2v) is 10.4. The molecule has 0 bridgehead atoms. The Kier molecular flexibility index (Phi) is 6.60. The van der Waals surface area contributed by atoms with Gasteiger partial charge in [-0.15, -0.1) is 0 Å². The summed E-state index contributed by atoms with van der Waals surface area (Å²) in [5.74, 6) is -0.0448. The average molecular weight is 562 g/mol. The van der Waals surface area contributed by atoms with E-state index in [1.807, 2.05) is 0 Å². The summed E-state index contributed by atoms with van der Waals surface area (Å²) in [6.07, 6.45) is -2.38. The number of nitrogens with zero attached hydrogens (tertiary/aromatic N) is 1. The Morgan fingerprint density at radius 2 is 1.71 bits per heavy atom. The smallest absolute Gasteiger partial charge is 0.417 e. The fraction of sp³-hybridized carbons (Fsp3) is 0.250. The van der Waals surface area contributed by atoms with Gasteiger partial charge in [0.1, 0.15) is 17.6 Å². The predicted octanol–water partition coefficient (Wildman–Crippen LogP) is 6.76. The van der Waals surface area contributed by atoms with Gasteiger partial charge in [-0.1, -0.05) is 36.4 Å². The first-order chi connectivity index (χ1) is 19.6. The molecule has 3 aromatic carbocycles. The highest BCUT2D eigenvalue weighted by Gasteiger charge is 2.38. The lowest BCUT2D eigenvalue weighted by atomic mass is 9.90. The number of carbonyl (C=O) groups is 1. The number of aryl methyl sites for hydroxylation is 1. The van der Waals surface area contributed by atoms with Crippen molar-refractivity contribution in [1.29, 1.82) is 0 Å². The van der Waals surface area contributed by atoms with E-state index in [2.05, 4.69) is 0 Å². The van der Waals surface area contributed by atoms with Gasteiger partial charge in [0.25, 0.3) is 0 Å². The van der Waals surface area contributed by atoms with E-state index < -0.39 is 23.8 Å². The molecule has 1 aliphatic carbocycles. The quantitative estimate of drug-likeness (QED) is 0.282. The second-order valence-electron chi connectivity index (χ2n) is 10.4. The van der Waals surface area contributed by atoms with E-state index in [0.717, 1.165) is 22.8 Å². The Morgan fingerprint density at radius 3 is 2.41 bits per heavy atom. The van der Waals surface area contributed by atoms with Crippen LogP contribution in [0.3, 0.4) is 0 Å². The van der Waals surface area contributed by atoms with Crippen molar-refractivity contribution in [1.82, 2.24) is 4.57 Å². The lowest BCUT2D eigenvalue weighted by Gasteiger charge is -2.20. The molecule has 6 rings (SSSR count). The molecule has 1 aromatic heterocycles. The summed E-state index contributed by atoms with van der Waals surface area (Å²) in [7, 11) is 1.65. The van der Waals surface area contributed by atoms with Gasteiger partial charge in [0.15, 0.2) is 0 Å². The lowest BCUT2D eigenvalue weighted by Crippen LogP contribution is -2.13. The third-order valence-corrected chi connectivity index (χ3v) is 7.81. The maximum atomic E-state index is 14.2. The molecule has 41 heavy (non-hydrogen) atoms. The van der Waals surface area contributed by atoms with Crippen LogP contribution in [0, 0.1) is 0 Å². The molecule has 210 valence electrons. The van der Waals surface area contributed by atoms with Gasteiger partial charge in [-0.05, 0) is 64.4 Å². The number of hydrogen-bond acceptors (Lipinski definition) is 4. The molecule has 0 saturated heterocycles. The fourth-order valence-corrected chi connectivity index (χ4v) is 5.82. The minimum Gasteiger partial charge on any atom is -0.492 e. The largest absolute Gasteiger partial charge is 0.492 e. The summed E-state index contributed by atoms with van der Waals surface area (Å²) < 4.78 is 56.0. The van der Waals surface area contributed by atoms with Crippen molar-refractivity contribution in [2.75, 3.05) is 6.61 Å². The van der Waals surface area contributed by atoms with Gasteiger partial charge in [0.05, 0.1) is 18.6 Å². The number of hydrogen-bond donors (Lipinski definition) is 1. The molecule has 1 N–H and O–H groups in total. The van der Waals surface area contributed by atoms with E-state index in [0.29, 0.717) is 41.0 Å². The molecule has 2 heterocycles. The zero-order chi connectivity index (χ0) is 28.9. The summed E-state index contributed by atoms with van der Waals surface area (Å²) in [6, 6.07) is 17.9. The summed E-state index contributed by atoms with van der Waals surface area (Å²) in [5, 5.41) is 9.13. The summed E-state index contributed by atoms with van der Waals surface area (Å²) in [6.45, 7) is 0.280. The van der Waals surface area contributed by atoms with E-state index in [1.54, 1.807) is 61.8 Å². The van der Waals surface area contributed by atoms with Crippen LogP contribution in [-0.4, -0.2) is 22.2 Å². The van der Waals surface area contributed by atoms with Gasteiger partial charge in [-0.25, -0.2) is 0 Å². The van der Waals surface area contributed by atoms with Crippen molar-refractivity contribution >= 4 is 5.97 Å². The van der Waals surface area contributed by atoms with E-state index in [4.69, 9.17) is 14.6 Å². The minimum atomic E-state index is -4.54. The molecular formula is C32H26F3NO5. The molecular weight excluding hydrogens is 535 g/mol. The predicted molar refractivity (Wildman–Crippen MR) is 146 cm³/mol. The zero-order valence-electron chi connectivity index (χ0n) is 22.1. The first-order valence-corrected chi connectivity index (χ1v) is 13.2. The van der Waals surface area contributed by atoms with Gasteiger partial charge in [-0.3, -0.25) is 9.59 Å². The Bertz CT molecular complexity index is 1710. The number of ether oxygens (including phenoxy) is 2. The molecule has 0 amide bonds. The number of carboxylic acids is 1. The maximum absolute atomic E-state index is 14.2. The van der Waals surface area contributed by atoms with Crippen molar-refractivity contribution < 1.29 is 32.5 Å². The van der Waals surface area contributed by atoms with E-state index in [-0.39, 0.29) is 30.1 Å². The standard InChI is InChI=1S/C32H26F3NO5/c1-36-16-20(6-13-29(36)37)18-2-4-19(5-3-18)31-25-10-12-27(24(25)9-11-26(31)32(33,34)35)41-22-7-8-23-21(14-30(38)39)17-40-28(23)15-22/h2-9,11,13,15-16,21,27H,10,12,14,17H2,1H3,(H,38,39)/t21-,27-/m1/s1. The summed E-state index contributed by atoms with van der Waals surface area (Å²) in [4.78, 5) is 22.9. The van der Waals surface area contributed by atoms with Crippen LogP contribution in [0.1, 0.15) is 47.1 Å². The number of fused-ring (bicyclic) bond motifs is 2.